The van der Waals surface area contributed by atoms with Crippen LogP contribution in [0.4, 0.5) is 0 Å². The number of nitrogens with zero attached hydrogens (tertiary/aromatic N) is 1. The first-order chi connectivity index (χ1) is 10.5. The maximum Gasteiger partial charge on any atom is 0.251 e. The zero-order valence-electron chi connectivity index (χ0n) is 12.9. The van der Waals surface area contributed by atoms with E-state index < -0.39 is 0 Å². The number of halogens is 1. The molecular formula is C16H22BrN3O2. The molecule has 2 amide bonds. The van der Waals surface area contributed by atoms with Crippen LogP contribution in [0.1, 0.15) is 30.6 Å². The van der Waals surface area contributed by atoms with Crippen molar-refractivity contribution in [2.75, 3.05) is 19.6 Å². The van der Waals surface area contributed by atoms with Crippen molar-refractivity contribution in [1.82, 2.24) is 15.5 Å². The van der Waals surface area contributed by atoms with Crippen molar-refractivity contribution in [2.45, 2.75) is 32.4 Å². The molecule has 1 aromatic carbocycles. The summed E-state index contributed by atoms with van der Waals surface area (Å²) < 4.78 is 0.932. The summed E-state index contributed by atoms with van der Waals surface area (Å²) in [6.45, 7) is 6.04. The summed E-state index contributed by atoms with van der Waals surface area (Å²) in [6.07, 6.45) is 0.333. The van der Waals surface area contributed by atoms with Gasteiger partial charge in [0.2, 0.25) is 5.91 Å². The molecule has 5 nitrogen and oxygen atoms in total. The number of hydrogen-bond acceptors (Lipinski definition) is 3. The molecule has 1 aliphatic rings. The van der Waals surface area contributed by atoms with Crippen molar-refractivity contribution in [3.05, 3.63) is 34.3 Å². The molecule has 2 atom stereocenters. The van der Waals surface area contributed by atoms with Gasteiger partial charge < -0.3 is 15.5 Å². The molecule has 0 bridgehead atoms. The maximum absolute atomic E-state index is 12.3. The Balaban J connectivity index is 1.79. The molecule has 0 aromatic heterocycles. The summed E-state index contributed by atoms with van der Waals surface area (Å²) in [5, 5.41) is 6.15. The van der Waals surface area contributed by atoms with E-state index in [0.29, 0.717) is 24.6 Å². The molecule has 0 aliphatic carbocycles. The smallest absolute Gasteiger partial charge is 0.251 e. The third kappa shape index (κ3) is 4.30. The van der Waals surface area contributed by atoms with Crippen LogP contribution in [0.5, 0.6) is 0 Å². The van der Waals surface area contributed by atoms with E-state index in [-0.39, 0.29) is 17.9 Å². The van der Waals surface area contributed by atoms with Gasteiger partial charge in [0.25, 0.3) is 5.91 Å². The summed E-state index contributed by atoms with van der Waals surface area (Å²) in [6, 6.07) is 7.63. The molecule has 6 heteroatoms. The number of carbonyl (C=O) groups is 2. The fourth-order valence-electron chi connectivity index (χ4n) is 2.54. The second-order valence-corrected chi connectivity index (χ2v) is 6.50. The van der Waals surface area contributed by atoms with Gasteiger partial charge in [-0.15, -0.1) is 0 Å². The number of nitrogens with one attached hydrogen (secondary N) is 2. The predicted molar refractivity (Wildman–Crippen MR) is 89.7 cm³/mol. The van der Waals surface area contributed by atoms with Crippen molar-refractivity contribution in [2.24, 2.45) is 0 Å². The van der Waals surface area contributed by atoms with E-state index in [0.717, 1.165) is 17.6 Å². The normalized spacial score (nSPS) is 21.5. The number of hydrogen-bond donors (Lipinski definition) is 2. The Morgan fingerprint density at radius 1 is 1.32 bits per heavy atom. The van der Waals surface area contributed by atoms with E-state index in [1.165, 1.54) is 0 Å². The van der Waals surface area contributed by atoms with E-state index in [1.807, 2.05) is 17.0 Å². The lowest BCUT2D eigenvalue weighted by molar-refractivity contribution is -0.134. The highest BCUT2D eigenvalue weighted by molar-refractivity contribution is 9.10. The van der Waals surface area contributed by atoms with Crippen LogP contribution in [0.3, 0.4) is 0 Å². The first-order valence-corrected chi connectivity index (χ1v) is 8.35. The van der Waals surface area contributed by atoms with E-state index in [2.05, 4.69) is 40.4 Å². The molecule has 2 N–H and O–H groups in total. The SMILES string of the molecule is CC1NCCN(C(=O)CCNC(=O)c2ccc(Br)cc2)C1C. The molecule has 0 saturated carbocycles. The first kappa shape index (κ1) is 17.0. The van der Waals surface area contributed by atoms with E-state index >= 15 is 0 Å². The van der Waals surface area contributed by atoms with Crippen molar-refractivity contribution >= 4 is 27.7 Å². The Kier molecular flexibility index (Phi) is 5.97. The van der Waals surface area contributed by atoms with Gasteiger partial charge in [0.05, 0.1) is 0 Å². The second-order valence-electron chi connectivity index (χ2n) is 5.58. The van der Waals surface area contributed by atoms with Crippen molar-refractivity contribution in [3.8, 4) is 0 Å². The van der Waals surface area contributed by atoms with Gasteiger partial charge in [0, 0.05) is 48.2 Å². The molecule has 1 heterocycles. The summed E-state index contributed by atoms with van der Waals surface area (Å²) in [5.41, 5.74) is 0.597. The third-order valence-electron chi connectivity index (χ3n) is 4.09. The highest BCUT2D eigenvalue weighted by atomic mass is 79.9. The summed E-state index contributed by atoms with van der Waals surface area (Å²) >= 11 is 3.33. The Morgan fingerprint density at radius 3 is 2.68 bits per heavy atom. The van der Waals surface area contributed by atoms with E-state index in [4.69, 9.17) is 0 Å². The van der Waals surface area contributed by atoms with Crippen LogP contribution in [-0.2, 0) is 4.79 Å². The molecule has 2 rings (SSSR count). The standard InChI is InChI=1S/C16H22BrN3O2/c1-11-12(2)20(10-9-18-11)15(21)7-8-19-16(22)13-3-5-14(17)6-4-13/h3-6,11-12,18H,7-10H2,1-2H3,(H,19,22). The molecule has 120 valence electrons. The van der Waals surface area contributed by atoms with Crippen LogP contribution in [0.15, 0.2) is 28.7 Å². The first-order valence-electron chi connectivity index (χ1n) is 7.55. The average Bonchev–Trinajstić information content (AvgIpc) is 2.50. The molecule has 1 saturated heterocycles. The minimum atomic E-state index is -0.151. The van der Waals surface area contributed by atoms with Crippen LogP contribution < -0.4 is 10.6 Å². The maximum atomic E-state index is 12.3. The van der Waals surface area contributed by atoms with Crippen molar-refractivity contribution in [3.63, 3.8) is 0 Å². The highest BCUT2D eigenvalue weighted by Gasteiger charge is 2.27. The highest BCUT2D eigenvalue weighted by Crippen LogP contribution is 2.11. The molecule has 2 unspecified atom stereocenters. The van der Waals surface area contributed by atoms with Crippen LogP contribution in [0, 0.1) is 0 Å². The number of carbonyl (C=O) groups excluding carboxylic acids is 2. The van der Waals surface area contributed by atoms with E-state index in [9.17, 15) is 9.59 Å². The molecule has 1 aromatic rings. The Morgan fingerprint density at radius 2 is 2.00 bits per heavy atom. The summed E-state index contributed by atoms with van der Waals surface area (Å²) in [5.74, 6) is -0.0565. The van der Waals surface area contributed by atoms with Gasteiger partial charge in [-0.3, -0.25) is 9.59 Å². The van der Waals surface area contributed by atoms with Gasteiger partial charge >= 0.3 is 0 Å². The zero-order chi connectivity index (χ0) is 16.1. The minimum Gasteiger partial charge on any atom is -0.352 e. The monoisotopic (exact) mass is 367 g/mol. The zero-order valence-corrected chi connectivity index (χ0v) is 14.5. The van der Waals surface area contributed by atoms with Crippen LogP contribution >= 0.6 is 15.9 Å². The summed E-state index contributed by atoms with van der Waals surface area (Å²) in [7, 11) is 0. The number of benzene rings is 1. The molecular weight excluding hydrogens is 346 g/mol. The van der Waals surface area contributed by atoms with Crippen molar-refractivity contribution in [1.29, 1.82) is 0 Å². The molecule has 22 heavy (non-hydrogen) atoms. The number of rotatable bonds is 4. The Hall–Kier alpha value is -1.40. The van der Waals surface area contributed by atoms with Gasteiger partial charge in [-0.05, 0) is 38.1 Å². The van der Waals surface area contributed by atoms with E-state index in [1.54, 1.807) is 12.1 Å². The topological polar surface area (TPSA) is 61.4 Å². The van der Waals surface area contributed by atoms with Crippen LogP contribution in [-0.4, -0.2) is 48.4 Å². The van der Waals surface area contributed by atoms with Crippen LogP contribution in [0.25, 0.3) is 0 Å². The largest absolute Gasteiger partial charge is 0.352 e. The second kappa shape index (κ2) is 7.74. The van der Waals surface area contributed by atoms with Gasteiger partial charge in [-0.1, -0.05) is 15.9 Å². The molecule has 1 aliphatic heterocycles. The lowest BCUT2D eigenvalue weighted by atomic mass is 10.1. The quantitative estimate of drug-likeness (QED) is 0.852. The minimum absolute atomic E-state index is 0.0944. The van der Waals surface area contributed by atoms with Crippen molar-refractivity contribution < 1.29 is 9.59 Å². The molecule has 0 spiro atoms. The Bertz CT molecular complexity index is 533. The van der Waals surface area contributed by atoms with Gasteiger partial charge in [0.15, 0.2) is 0 Å². The number of amides is 2. The molecule has 1 fully saturated rings. The summed E-state index contributed by atoms with van der Waals surface area (Å²) in [4.78, 5) is 26.1. The third-order valence-corrected chi connectivity index (χ3v) is 4.61. The fraction of sp³-hybridized carbons (Fsp3) is 0.500. The van der Waals surface area contributed by atoms with Gasteiger partial charge in [-0.2, -0.15) is 0 Å². The predicted octanol–water partition coefficient (Wildman–Crippen LogP) is 1.78. The van der Waals surface area contributed by atoms with Gasteiger partial charge in [-0.25, -0.2) is 0 Å². The fourth-order valence-corrected chi connectivity index (χ4v) is 2.80. The Labute approximate surface area is 139 Å². The number of piperazine rings is 1. The average molecular weight is 368 g/mol. The lowest BCUT2D eigenvalue weighted by Gasteiger charge is -2.38. The van der Waals surface area contributed by atoms with Crippen LogP contribution in [0.2, 0.25) is 0 Å². The lowest BCUT2D eigenvalue weighted by Crippen LogP contribution is -2.57. The molecule has 0 radical (unpaired) electrons. The van der Waals surface area contributed by atoms with Gasteiger partial charge in [0.1, 0.15) is 0 Å².